The quantitative estimate of drug-likeness (QED) is 0.700. The number of aromatic nitrogens is 1. The molecule has 0 aliphatic carbocycles. The maximum Gasteiger partial charge on any atom is 0.265 e. The molecule has 0 unspecified atom stereocenters. The predicted molar refractivity (Wildman–Crippen MR) is 101 cm³/mol. The summed E-state index contributed by atoms with van der Waals surface area (Å²) < 4.78 is 5.00. The van der Waals surface area contributed by atoms with Crippen LogP contribution in [0.1, 0.15) is 25.6 Å². The third-order valence-corrected chi connectivity index (χ3v) is 4.46. The van der Waals surface area contributed by atoms with Gasteiger partial charge in [0.15, 0.2) is 0 Å². The number of nitrogens with zero attached hydrogens (tertiary/aromatic N) is 1. The summed E-state index contributed by atoms with van der Waals surface area (Å²) in [6.07, 6.45) is 1.65. The zero-order valence-electron chi connectivity index (χ0n) is 14.1. The van der Waals surface area contributed by atoms with Gasteiger partial charge in [0.25, 0.3) is 11.8 Å². The third-order valence-electron chi connectivity index (χ3n) is 3.59. The van der Waals surface area contributed by atoms with Crippen LogP contribution in [0, 0.1) is 0 Å². The summed E-state index contributed by atoms with van der Waals surface area (Å²) in [7, 11) is 1.55. The summed E-state index contributed by atoms with van der Waals surface area (Å²) in [6, 6.07) is 14.0. The molecule has 2 N–H and O–H groups in total. The number of carbonyl (C=O) groups excluding carboxylic acids is 2. The predicted octanol–water partition coefficient (Wildman–Crippen LogP) is 3.33. The highest BCUT2D eigenvalue weighted by Crippen LogP contribution is 2.15. The van der Waals surface area contributed by atoms with Crippen molar-refractivity contribution in [2.75, 3.05) is 12.4 Å². The number of carbonyl (C=O) groups is 2. The molecule has 0 atom stereocenters. The molecule has 0 aliphatic rings. The van der Waals surface area contributed by atoms with Crippen LogP contribution in [0.2, 0.25) is 0 Å². The van der Waals surface area contributed by atoms with E-state index in [-0.39, 0.29) is 11.8 Å². The van der Waals surface area contributed by atoms with Gasteiger partial charge < -0.3 is 15.4 Å². The van der Waals surface area contributed by atoms with Gasteiger partial charge >= 0.3 is 0 Å². The Morgan fingerprint density at radius 2 is 2.00 bits per heavy atom. The lowest BCUT2D eigenvalue weighted by molar-refractivity contribution is 0.0949. The minimum absolute atomic E-state index is 0.193. The number of anilines is 1. The summed E-state index contributed by atoms with van der Waals surface area (Å²) in [6.45, 7) is 0.349. The van der Waals surface area contributed by atoms with Crippen LogP contribution < -0.4 is 15.4 Å². The van der Waals surface area contributed by atoms with Crippen LogP contribution in [0.5, 0.6) is 5.88 Å². The Morgan fingerprint density at radius 1 is 1.12 bits per heavy atom. The smallest absolute Gasteiger partial charge is 0.265 e. The van der Waals surface area contributed by atoms with Gasteiger partial charge in [-0.15, -0.1) is 11.3 Å². The second kappa shape index (κ2) is 8.26. The van der Waals surface area contributed by atoms with E-state index in [0.717, 1.165) is 5.56 Å². The molecule has 0 bridgehead atoms. The summed E-state index contributed by atoms with van der Waals surface area (Å²) in [4.78, 5) is 29.2. The van der Waals surface area contributed by atoms with E-state index in [4.69, 9.17) is 4.74 Å². The Kier molecular flexibility index (Phi) is 5.60. The first kappa shape index (κ1) is 17.6. The molecule has 0 saturated carbocycles. The van der Waals surface area contributed by atoms with E-state index in [2.05, 4.69) is 15.6 Å². The number of nitrogens with one attached hydrogen (secondary N) is 2. The van der Waals surface area contributed by atoms with Crippen molar-refractivity contribution in [3.8, 4) is 5.88 Å². The number of hydrogen-bond acceptors (Lipinski definition) is 5. The van der Waals surface area contributed by atoms with Gasteiger partial charge in [-0.25, -0.2) is 4.98 Å². The number of rotatable bonds is 6. The molecule has 0 radical (unpaired) electrons. The first-order valence-corrected chi connectivity index (χ1v) is 8.76. The van der Waals surface area contributed by atoms with Crippen LogP contribution in [0.25, 0.3) is 0 Å². The molecule has 0 fully saturated rings. The number of benzene rings is 1. The average molecular weight is 367 g/mol. The molecule has 0 spiro atoms. The Balaban J connectivity index is 1.61. The number of ether oxygens (including phenoxy) is 1. The van der Waals surface area contributed by atoms with E-state index >= 15 is 0 Å². The first-order chi connectivity index (χ1) is 12.7. The van der Waals surface area contributed by atoms with Crippen molar-refractivity contribution in [3.63, 3.8) is 0 Å². The van der Waals surface area contributed by atoms with E-state index in [9.17, 15) is 9.59 Å². The number of hydrogen-bond donors (Lipinski definition) is 2. The molecule has 6 nitrogen and oxygen atoms in total. The van der Waals surface area contributed by atoms with E-state index in [1.807, 2.05) is 17.5 Å². The van der Waals surface area contributed by atoms with E-state index < -0.39 is 0 Å². The Morgan fingerprint density at radius 3 is 2.69 bits per heavy atom. The molecule has 2 heterocycles. The molecule has 3 aromatic rings. The number of amides is 2. The molecule has 2 aromatic heterocycles. The number of pyridine rings is 1. The molecule has 2 amide bonds. The highest BCUT2D eigenvalue weighted by Gasteiger charge is 2.10. The van der Waals surface area contributed by atoms with Crippen molar-refractivity contribution in [3.05, 3.63) is 76.1 Å². The molecular weight excluding hydrogens is 350 g/mol. The average Bonchev–Trinajstić information content (AvgIpc) is 3.22. The van der Waals surface area contributed by atoms with Crippen LogP contribution in [-0.2, 0) is 6.54 Å². The molecule has 7 heteroatoms. The zero-order valence-corrected chi connectivity index (χ0v) is 14.9. The van der Waals surface area contributed by atoms with Crippen LogP contribution in [0.15, 0.2) is 60.1 Å². The van der Waals surface area contributed by atoms with Crippen molar-refractivity contribution in [2.24, 2.45) is 0 Å². The van der Waals surface area contributed by atoms with Crippen molar-refractivity contribution in [2.45, 2.75) is 6.54 Å². The minimum atomic E-state index is -0.229. The van der Waals surface area contributed by atoms with Gasteiger partial charge in [0.2, 0.25) is 5.88 Å². The lowest BCUT2D eigenvalue weighted by atomic mass is 10.1. The number of methoxy groups -OCH3 is 1. The van der Waals surface area contributed by atoms with Crippen LogP contribution in [-0.4, -0.2) is 23.9 Å². The standard InChI is InChI=1S/C19H17N3O3S/c1-25-17-8-7-13(11-20-17)12-21-18(23)14-4-2-5-15(10-14)22-19(24)16-6-3-9-26-16/h2-11H,12H2,1H3,(H,21,23)(H,22,24). The van der Waals surface area contributed by atoms with Crippen molar-refractivity contribution in [1.29, 1.82) is 0 Å². The van der Waals surface area contributed by atoms with Crippen molar-refractivity contribution >= 4 is 28.8 Å². The maximum absolute atomic E-state index is 12.3. The van der Waals surface area contributed by atoms with Gasteiger partial charge in [-0.05, 0) is 35.2 Å². The van der Waals surface area contributed by atoms with Gasteiger partial charge in [-0.3, -0.25) is 9.59 Å². The van der Waals surface area contributed by atoms with Gasteiger partial charge in [0, 0.05) is 30.1 Å². The lowest BCUT2D eigenvalue weighted by Crippen LogP contribution is -2.23. The Bertz CT molecular complexity index is 893. The van der Waals surface area contributed by atoms with E-state index in [1.165, 1.54) is 11.3 Å². The van der Waals surface area contributed by atoms with Gasteiger partial charge in [-0.2, -0.15) is 0 Å². The Labute approximate surface area is 154 Å². The van der Waals surface area contributed by atoms with Crippen LogP contribution in [0.3, 0.4) is 0 Å². The molecular formula is C19H17N3O3S. The fraction of sp³-hybridized carbons (Fsp3) is 0.105. The minimum Gasteiger partial charge on any atom is -0.481 e. The van der Waals surface area contributed by atoms with Crippen LogP contribution in [0.4, 0.5) is 5.69 Å². The monoisotopic (exact) mass is 367 g/mol. The topological polar surface area (TPSA) is 80.3 Å². The molecule has 132 valence electrons. The van der Waals surface area contributed by atoms with Crippen molar-refractivity contribution in [1.82, 2.24) is 10.3 Å². The molecule has 1 aromatic carbocycles. The normalized spacial score (nSPS) is 10.2. The Hall–Kier alpha value is -3.19. The zero-order chi connectivity index (χ0) is 18.4. The third kappa shape index (κ3) is 4.46. The van der Waals surface area contributed by atoms with E-state index in [0.29, 0.717) is 28.6 Å². The fourth-order valence-corrected chi connectivity index (χ4v) is 2.88. The van der Waals surface area contributed by atoms with Crippen molar-refractivity contribution < 1.29 is 14.3 Å². The maximum atomic E-state index is 12.3. The SMILES string of the molecule is COc1ccc(CNC(=O)c2cccc(NC(=O)c3cccs3)c2)cn1. The molecule has 26 heavy (non-hydrogen) atoms. The summed E-state index contributed by atoms with van der Waals surface area (Å²) >= 11 is 1.36. The second-order valence-corrected chi connectivity index (χ2v) is 6.35. The summed E-state index contributed by atoms with van der Waals surface area (Å²) in [5, 5.41) is 7.46. The van der Waals surface area contributed by atoms with Gasteiger partial charge in [0.05, 0.1) is 12.0 Å². The largest absolute Gasteiger partial charge is 0.481 e. The number of thiophene rings is 1. The second-order valence-electron chi connectivity index (χ2n) is 5.40. The molecule has 0 aliphatic heterocycles. The fourth-order valence-electron chi connectivity index (χ4n) is 2.26. The van der Waals surface area contributed by atoms with Gasteiger partial charge in [-0.1, -0.05) is 18.2 Å². The van der Waals surface area contributed by atoms with E-state index in [1.54, 1.807) is 49.7 Å². The summed E-state index contributed by atoms with van der Waals surface area (Å²) in [5.74, 6) is 0.101. The first-order valence-electron chi connectivity index (χ1n) is 7.88. The van der Waals surface area contributed by atoms with Gasteiger partial charge in [0.1, 0.15) is 0 Å². The highest BCUT2D eigenvalue weighted by atomic mass is 32.1. The summed E-state index contributed by atoms with van der Waals surface area (Å²) in [5.41, 5.74) is 1.90. The lowest BCUT2D eigenvalue weighted by Gasteiger charge is -2.08. The molecule has 3 rings (SSSR count). The van der Waals surface area contributed by atoms with Crippen LogP contribution >= 0.6 is 11.3 Å². The molecule has 0 saturated heterocycles. The highest BCUT2D eigenvalue weighted by molar-refractivity contribution is 7.12.